The van der Waals surface area contributed by atoms with E-state index in [-0.39, 0.29) is 17.5 Å². The highest BCUT2D eigenvalue weighted by Crippen LogP contribution is 2.29. The lowest BCUT2D eigenvalue weighted by Gasteiger charge is -2.13. The third kappa shape index (κ3) is 2.42. The van der Waals surface area contributed by atoms with Crippen LogP contribution in [0.3, 0.4) is 0 Å². The van der Waals surface area contributed by atoms with Gasteiger partial charge in [0.2, 0.25) is 5.91 Å². The largest absolute Gasteiger partial charge is 0.373 e. The molecule has 3 aromatic rings. The van der Waals surface area contributed by atoms with Crippen molar-refractivity contribution in [2.75, 3.05) is 10.6 Å². The predicted molar refractivity (Wildman–Crippen MR) is 93.3 cm³/mol. The molecule has 24 heavy (non-hydrogen) atoms. The molecule has 0 radical (unpaired) electrons. The highest BCUT2D eigenvalue weighted by Gasteiger charge is 2.27. The number of carbonyl (C=O) groups is 1. The second kappa shape index (κ2) is 5.49. The Morgan fingerprint density at radius 3 is 3.00 bits per heavy atom. The van der Waals surface area contributed by atoms with Crippen molar-refractivity contribution < 1.29 is 4.79 Å². The van der Waals surface area contributed by atoms with Crippen LogP contribution in [0, 0.1) is 6.92 Å². The Kier molecular flexibility index (Phi) is 3.30. The molecule has 3 N–H and O–H groups in total. The van der Waals surface area contributed by atoms with Crippen LogP contribution in [0.1, 0.15) is 11.1 Å². The highest BCUT2D eigenvalue weighted by molar-refractivity contribution is 5.99. The van der Waals surface area contributed by atoms with E-state index >= 15 is 0 Å². The van der Waals surface area contributed by atoms with E-state index in [0.717, 1.165) is 16.8 Å². The van der Waals surface area contributed by atoms with E-state index in [1.807, 2.05) is 25.1 Å². The summed E-state index contributed by atoms with van der Waals surface area (Å²) in [7, 11) is 0. The van der Waals surface area contributed by atoms with Crippen LogP contribution in [0.25, 0.3) is 10.9 Å². The van der Waals surface area contributed by atoms with Crippen LogP contribution in [0.2, 0.25) is 0 Å². The average molecular weight is 320 g/mol. The van der Waals surface area contributed by atoms with Gasteiger partial charge in [-0.1, -0.05) is 18.2 Å². The fourth-order valence-electron chi connectivity index (χ4n) is 3.08. The molecule has 0 saturated carbocycles. The van der Waals surface area contributed by atoms with Crippen LogP contribution in [-0.2, 0) is 11.2 Å². The Morgan fingerprint density at radius 2 is 2.17 bits per heavy atom. The maximum Gasteiger partial charge on any atom is 0.258 e. The molecule has 1 atom stereocenters. The molecule has 2 aromatic carbocycles. The molecule has 6 heteroatoms. The first-order valence-corrected chi connectivity index (χ1v) is 7.75. The first kappa shape index (κ1) is 14.4. The van der Waals surface area contributed by atoms with Crippen LogP contribution in [0.5, 0.6) is 0 Å². The number of carbonyl (C=O) groups excluding carboxylic acids is 1. The number of aromatic amines is 1. The topological polar surface area (TPSA) is 86.9 Å². The van der Waals surface area contributed by atoms with E-state index in [2.05, 4.69) is 20.6 Å². The van der Waals surface area contributed by atoms with Crippen molar-refractivity contribution in [1.82, 2.24) is 9.97 Å². The summed E-state index contributed by atoms with van der Waals surface area (Å²) in [6.07, 6.45) is 2.02. The Hall–Kier alpha value is -3.15. The summed E-state index contributed by atoms with van der Waals surface area (Å²) in [6, 6.07) is 10.9. The van der Waals surface area contributed by atoms with Gasteiger partial charge in [0.15, 0.2) is 0 Å². The monoisotopic (exact) mass is 320 g/mol. The number of aryl methyl sites for hydroxylation is 1. The molecular formula is C18H16N4O2. The van der Waals surface area contributed by atoms with Gasteiger partial charge in [0.05, 0.1) is 17.2 Å². The van der Waals surface area contributed by atoms with Crippen molar-refractivity contribution in [3.63, 3.8) is 0 Å². The van der Waals surface area contributed by atoms with Crippen molar-refractivity contribution in [1.29, 1.82) is 0 Å². The number of amides is 1. The van der Waals surface area contributed by atoms with Gasteiger partial charge in [0.25, 0.3) is 5.56 Å². The maximum atomic E-state index is 12.5. The van der Waals surface area contributed by atoms with Gasteiger partial charge in [-0.2, -0.15) is 0 Å². The fraction of sp³-hybridized carbons (Fsp3) is 0.167. The lowest BCUT2D eigenvalue weighted by molar-refractivity contribution is -0.116. The first-order valence-electron chi connectivity index (χ1n) is 7.75. The van der Waals surface area contributed by atoms with Gasteiger partial charge in [-0.3, -0.25) is 9.59 Å². The molecule has 1 unspecified atom stereocenters. The highest BCUT2D eigenvalue weighted by atomic mass is 16.2. The molecule has 0 aliphatic carbocycles. The molecule has 1 aromatic heterocycles. The van der Waals surface area contributed by atoms with Crippen LogP contribution in [0.15, 0.2) is 47.5 Å². The summed E-state index contributed by atoms with van der Waals surface area (Å²) in [6.45, 7) is 2.02. The van der Waals surface area contributed by atoms with Crippen molar-refractivity contribution in [3.05, 3.63) is 64.2 Å². The van der Waals surface area contributed by atoms with Gasteiger partial charge in [-0.25, -0.2) is 4.98 Å². The van der Waals surface area contributed by atoms with Gasteiger partial charge in [-0.15, -0.1) is 0 Å². The Morgan fingerprint density at radius 1 is 1.29 bits per heavy atom. The summed E-state index contributed by atoms with van der Waals surface area (Å²) in [4.78, 5) is 31.0. The van der Waals surface area contributed by atoms with E-state index in [9.17, 15) is 9.59 Å². The minimum atomic E-state index is -0.316. The SMILES string of the molecule is Cc1cccc2c1NC(C(=O)Nc1ccc3nc[nH]c(=O)c3c1)C2. The van der Waals surface area contributed by atoms with E-state index in [1.54, 1.807) is 18.2 Å². The molecule has 1 aliphatic heterocycles. The minimum absolute atomic E-state index is 0.120. The van der Waals surface area contributed by atoms with Crippen molar-refractivity contribution in [3.8, 4) is 0 Å². The summed E-state index contributed by atoms with van der Waals surface area (Å²) < 4.78 is 0. The number of nitrogens with zero attached hydrogens (tertiary/aromatic N) is 1. The smallest absolute Gasteiger partial charge is 0.258 e. The standard InChI is InChI=1S/C18H16N4O2/c1-10-3-2-4-11-7-15(22-16(10)11)18(24)21-12-5-6-14-13(8-12)17(23)20-9-19-14/h2-6,8-9,15,22H,7H2,1H3,(H,21,24)(H,19,20,23). The zero-order valence-corrected chi connectivity index (χ0v) is 13.1. The third-order valence-electron chi connectivity index (χ3n) is 4.33. The number of nitrogens with one attached hydrogen (secondary N) is 3. The molecule has 120 valence electrons. The lowest BCUT2D eigenvalue weighted by Crippen LogP contribution is -2.32. The number of para-hydroxylation sites is 1. The van der Waals surface area contributed by atoms with Crippen LogP contribution in [-0.4, -0.2) is 21.9 Å². The van der Waals surface area contributed by atoms with Crippen molar-refractivity contribution in [2.24, 2.45) is 0 Å². The van der Waals surface area contributed by atoms with Gasteiger partial charge < -0.3 is 15.6 Å². The molecule has 4 rings (SSSR count). The third-order valence-corrected chi connectivity index (χ3v) is 4.33. The molecule has 0 bridgehead atoms. The summed E-state index contributed by atoms with van der Waals surface area (Å²) >= 11 is 0. The first-order chi connectivity index (χ1) is 11.6. The number of anilines is 2. The van der Waals surface area contributed by atoms with Gasteiger partial charge in [-0.05, 0) is 36.2 Å². The average Bonchev–Trinajstić information content (AvgIpc) is 3.01. The van der Waals surface area contributed by atoms with E-state index in [0.29, 0.717) is 23.0 Å². The van der Waals surface area contributed by atoms with Crippen molar-refractivity contribution in [2.45, 2.75) is 19.4 Å². The Balaban J connectivity index is 1.56. The zero-order valence-electron chi connectivity index (χ0n) is 13.1. The lowest BCUT2D eigenvalue weighted by atomic mass is 10.1. The number of aromatic nitrogens is 2. The number of fused-ring (bicyclic) bond motifs is 2. The van der Waals surface area contributed by atoms with E-state index in [1.165, 1.54) is 6.33 Å². The molecule has 0 saturated heterocycles. The fourth-order valence-corrected chi connectivity index (χ4v) is 3.08. The number of hydrogen-bond acceptors (Lipinski definition) is 4. The number of rotatable bonds is 2. The maximum absolute atomic E-state index is 12.5. The molecule has 0 spiro atoms. The molecular weight excluding hydrogens is 304 g/mol. The van der Waals surface area contributed by atoms with Gasteiger partial charge in [0, 0.05) is 17.8 Å². The van der Waals surface area contributed by atoms with Crippen LogP contribution in [0.4, 0.5) is 11.4 Å². The van der Waals surface area contributed by atoms with Crippen LogP contribution >= 0.6 is 0 Å². The normalized spacial score (nSPS) is 15.8. The molecule has 0 fully saturated rings. The predicted octanol–water partition coefficient (Wildman–Crippen LogP) is 2.21. The molecule has 6 nitrogen and oxygen atoms in total. The molecule has 1 amide bonds. The molecule has 2 heterocycles. The Labute approximate surface area is 137 Å². The second-order valence-corrected chi connectivity index (χ2v) is 5.96. The van der Waals surface area contributed by atoms with Gasteiger partial charge >= 0.3 is 0 Å². The number of hydrogen-bond donors (Lipinski definition) is 3. The second-order valence-electron chi connectivity index (χ2n) is 5.96. The Bertz CT molecular complexity index is 1010. The molecule has 1 aliphatic rings. The number of benzene rings is 2. The van der Waals surface area contributed by atoms with E-state index in [4.69, 9.17) is 0 Å². The summed E-state index contributed by atoms with van der Waals surface area (Å²) in [5, 5.41) is 6.61. The van der Waals surface area contributed by atoms with E-state index < -0.39 is 0 Å². The quantitative estimate of drug-likeness (QED) is 0.675. The zero-order chi connectivity index (χ0) is 16.7. The number of H-pyrrole nitrogens is 1. The summed E-state index contributed by atoms with van der Waals surface area (Å²) in [5.41, 5.74) is 4.27. The van der Waals surface area contributed by atoms with Gasteiger partial charge in [0.1, 0.15) is 6.04 Å². The minimum Gasteiger partial charge on any atom is -0.373 e. The van der Waals surface area contributed by atoms with Crippen molar-refractivity contribution >= 4 is 28.2 Å². The van der Waals surface area contributed by atoms with Crippen LogP contribution < -0.4 is 16.2 Å². The summed E-state index contributed by atoms with van der Waals surface area (Å²) in [5.74, 6) is -0.120.